The lowest BCUT2D eigenvalue weighted by atomic mass is 10.1. The zero-order valence-electron chi connectivity index (χ0n) is 12.2. The molecule has 4 nitrogen and oxygen atoms in total. The summed E-state index contributed by atoms with van der Waals surface area (Å²) in [7, 11) is 0. The molecule has 2 rings (SSSR count). The van der Waals surface area contributed by atoms with E-state index in [0.717, 1.165) is 16.6 Å². The molecule has 0 saturated heterocycles. The van der Waals surface area contributed by atoms with E-state index in [2.05, 4.69) is 27.8 Å². The Morgan fingerprint density at radius 3 is 2.80 bits per heavy atom. The lowest BCUT2D eigenvalue weighted by molar-refractivity contribution is -0.120. The molecule has 4 heteroatoms. The Morgan fingerprint density at radius 1 is 1.30 bits per heavy atom. The van der Waals surface area contributed by atoms with Gasteiger partial charge in [0.2, 0.25) is 5.91 Å². The molecule has 1 aromatic carbocycles. The highest BCUT2D eigenvalue weighted by Crippen LogP contribution is 2.17. The molecule has 0 saturated carbocycles. The van der Waals surface area contributed by atoms with Gasteiger partial charge in [-0.2, -0.15) is 0 Å². The van der Waals surface area contributed by atoms with Crippen molar-refractivity contribution >= 4 is 16.8 Å². The van der Waals surface area contributed by atoms with Crippen molar-refractivity contribution in [2.45, 2.75) is 33.4 Å². The highest BCUT2D eigenvalue weighted by atomic mass is 16.1. The number of nitrogens with zero attached hydrogens (tertiary/aromatic N) is 1. The van der Waals surface area contributed by atoms with Crippen LogP contribution in [0.15, 0.2) is 30.3 Å². The van der Waals surface area contributed by atoms with Crippen LogP contribution in [0.1, 0.15) is 25.1 Å². The van der Waals surface area contributed by atoms with Gasteiger partial charge in [0.15, 0.2) is 0 Å². The maximum absolute atomic E-state index is 11.6. The molecule has 0 radical (unpaired) electrons. The number of carbonyl (C=O) groups excluding carboxylic acids is 1. The Bertz CT molecular complexity index is 608. The summed E-state index contributed by atoms with van der Waals surface area (Å²) in [4.78, 5) is 16.1. The number of benzene rings is 1. The van der Waals surface area contributed by atoms with Crippen LogP contribution in [0.25, 0.3) is 10.9 Å². The molecular weight excluding hydrogens is 250 g/mol. The maximum Gasteiger partial charge on any atom is 0.234 e. The van der Waals surface area contributed by atoms with Gasteiger partial charge in [0.05, 0.1) is 12.1 Å². The summed E-state index contributed by atoms with van der Waals surface area (Å²) in [5, 5.41) is 7.18. The van der Waals surface area contributed by atoms with Crippen molar-refractivity contribution < 1.29 is 4.79 Å². The van der Waals surface area contributed by atoms with Crippen LogP contribution in [-0.2, 0) is 11.3 Å². The average Bonchev–Trinajstić information content (AvgIpc) is 2.37. The summed E-state index contributed by atoms with van der Waals surface area (Å²) < 4.78 is 0. The quantitative estimate of drug-likeness (QED) is 0.876. The van der Waals surface area contributed by atoms with Crippen molar-refractivity contribution in [3.8, 4) is 0 Å². The average molecular weight is 271 g/mol. The van der Waals surface area contributed by atoms with E-state index in [1.165, 1.54) is 5.56 Å². The highest BCUT2D eigenvalue weighted by molar-refractivity contribution is 5.82. The lowest BCUT2D eigenvalue weighted by Gasteiger charge is -2.11. The minimum atomic E-state index is 0.0232. The number of amides is 1. The minimum absolute atomic E-state index is 0.0232. The van der Waals surface area contributed by atoms with Gasteiger partial charge >= 0.3 is 0 Å². The van der Waals surface area contributed by atoms with Gasteiger partial charge in [-0.05, 0) is 38.5 Å². The molecule has 0 bridgehead atoms. The van der Waals surface area contributed by atoms with Crippen LogP contribution in [-0.4, -0.2) is 23.5 Å². The Kier molecular flexibility index (Phi) is 4.69. The van der Waals surface area contributed by atoms with E-state index >= 15 is 0 Å². The van der Waals surface area contributed by atoms with Crippen LogP contribution in [0, 0.1) is 6.92 Å². The summed E-state index contributed by atoms with van der Waals surface area (Å²) in [5.41, 5.74) is 3.16. The summed E-state index contributed by atoms with van der Waals surface area (Å²) in [6.45, 7) is 6.89. The van der Waals surface area contributed by atoms with Gasteiger partial charge < -0.3 is 10.6 Å². The lowest BCUT2D eigenvalue weighted by Crippen LogP contribution is -2.37. The van der Waals surface area contributed by atoms with E-state index in [0.29, 0.717) is 13.1 Å². The molecule has 0 aliphatic rings. The van der Waals surface area contributed by atoms with Crippen molar-refractivity contribution in [2.75, 3.05) is 6.54 Å². The highest BCUT2D eigenvalue weighted by Gasteiger charge is 2.05. The number of hydrogen-bond donors (Lipinski definition) is 2. The predicted molar refractivity (Wildman–Crippen MR) is 81.5 cm³/mol. The van der Waals surface area contributed by atoms with Crippen molar-refractivity contribution in [3.63, 3.8) is 0 Å². The zero-order chi connectivity index (χ0) is 14.5. The van der Waals surface area contributed by atoms with Gasteiger partial charge in [-0.25, -0.2) is 0 Å². The van der Waals surface area contributed by atoms with Crippen molar-refractivity contribution in [3.05, 3.63) is 41.6 Å². The monoisotopic (exact) mass is 271 g/mol. The van der Waals surface area contributed by atoms with Crippen LogP contribution in [0.4, 0.5) is 0 Å². The van der Waals surface area contributed by atoms with Crippen molar-refractivity contribution in [2.24, 2.45) is 0 Å². The van der Waals surface area contributed by atoms with Crippen LogP contribution in [0.3, 0.4) is 0 Å². The molecule has 0 fully saturated rings. The second-order valence-electron chi connectivity index (χ2n) is 5.27. The molecule has 0 aliphatic heterocycles. The Hall–Kier alpha value is -1.94. The molecule has 1 amide bonds. The van der Waals surface area contributed by atoms with E-state index < -0.39 is 0 Å². The van der Waals surface area contributed by atoms with Gasteiger partial charge in [0.25, 0.3) is 0 Å². The summed E-state index contributed by atoms with van der Waals surface area (Å²) >= 11 is 0. The zero-order valence-corrected chi connectivity index (χ0v) is 12.2. The Balaban J connectivity index is 2.04. The fourth-order valence-electron chi connectivity index (χ4n) is 2.22. The first kappa shape index (κ1) is 14.5. The Labute approximate surface area is 119 Å². The number of nitrogens with one attached hydrogen (secondary N) is 2. The molecular formula is C16H21N3O. The first-order valence-corrected chi connectivity index (χ1v) is 6.91. The molecule has 2 aromatic rings. The van der Waals surface area contributed by atoms with Gasteiger partial charge in [0.1, 0.15) is 0 Å². The topological polar surface area (TPSA) is 54.0 Å². The standard InChI is InChI=1S/C16H21N3O/c1-11(2)18-16(20)10-17-9-13-8-12(3)19-15-7-5-4-6-14(13)15/h4-8,11,17H,9-10H2,1-3H3,(H,18,20). The van der Waals surface area contributed by atoms with Crippen LogP contribution in [0.2, 0.25) is 0 Å². The third-order valence-corrected chi connectivity index (χ3v) is 2.98. The van der Waals surface area contributed by atoms with Crippen LogP contribution < -0.4 is 10.6 Å². The molecule has 1 aromatic heterocycles. The van der Waals surface area contributed by atoms with E-state index in [9.17, 15) is 4.79 Å². The largest absolute Gasteiger partial charge is 0.353 e. The number of pyridine rings is 1. The first-order valence-electron chi connectivity index (χ1n) is 6.91. The van der Waals surface area contributed by atoms with E-state index in [1.807, 2.05) is 39.0 Å². The molecule has 106 valence electrons. The number of aromatic nitrogens is 1. The molecule has 0 aliphatic carbocycles. The molecule has 20 heavy (non-hydrogen) atoms. The van der Waals surface area contributed by atoms with Gasteiger partial charge in [-0.3, -0.25) is 9.78 Å². The second kappa shape index (κ2) is 6.48. The third kappa shape index (κ3) is 3.78. The third-order valence-electron chi connectivity index (χ3n) is 2.98. The van der Waals surface area contributed by atoms with E-state index in [4.69, 9.17) is 0 Å². The molecule has 0 unspecified atom stereocenters. The number of para-hydroxylation sites is 1. The van der Waals surface area contributed by atoms with E-state index in [1.54, 1.807) is 0 Å². The fraction of sp³-hybridized carbons (Fsp3) is 0.375. The molecule has 1 heterocycles. The summed E-state index contributed by atoms with van der Waals surface area (Å²) in [5.74, 6) is 0.0232. The number of aryl methyl sites for hydroxylation is 1. The molecule has 2 N–H and O–H groups in total. The van der Waals surface area contributed by atoms with Gasteiger partial charge in [-0.15, -0.1) is 0 Å². The van der Waals surface area contributed by atoms with Gasteiger partial charge in [0, 0.05) is 23.7 Å². The number of hydrogen-bond acceptors (Lipinski definition) is 3. The Morgan fingerprint density at radius 2 is 2.05 bits per heavy atom. The molecule has 0 spiro atoms. The summed E-state index contributed by atoms with van der Waals surface area (Å²) in [6, 6.07) is 10.3. The van der Waals surface area contributed by atoms with Crippen LogP contribution in [0.5, 0.6) is 0 Å². The smallest absolute Gasteiger partial charge is 0.234 e. The normalized spacial score (nSPS) is 11.0. The fourth-order valence-corrected chi connectivity index (χ4v) is 2.22. The SMILES string of the molecule is Cc1cc(CNCC(=O)NC(C)C)c2ccccc2n1. The first-order chi connectivity index (χ1) is 9.56. The van der Waals surface area contributed by atoms with Crippen LogP contribution >= 0.6 is 0 Å². The minimum Gasteiger partial charge on any atom is -0.353 e. The predicted octanol–water partition coefficient (Wildman–Crippen LogP) is 2.16. The number of fused-ring (bicyclic) bond motifs is 1. The van der Waals surface area contributed by atoms with E-state index in [-0.39, 0.29) is 11.9 Å². The van der Waals surface area contributed by atoms with Crippen molar-refractivity contribution in [1.82, 2.24) is 15.6 Å². The maximum atomic E-state index is 11.6. The molecule has 0 atom stereocenters. The number of carbonyl (C=O) groups is 1. The van der Waals surface area contributed by atoms with Gasteiger partial charge in [-0.1, -0.05) is 18.2 Å². The van der Waals surface area contributed by atoms with Crippen molar-refractivity contribution in [1.29, 1.82) is 0 Å². The number of rotatable bonds is 5. The summed E-state index contributed by atoms with van der Waals surface area (Å²) in [6.07, 6.45) is 0. The second-order valence-corrected chi connectivity index (χ2v) is 5.27.